The molecule has 2 heterocycles. The second-order valence-electron chi connectivity index (χ2n) is 4.84. The van der Waals surface area contributed by atoms with Crippen molar-refractivity contribution in [3.63, 3.8) is 0 Å². The summed E-state index contributed by atoms with van der Waals surface area (Å²) in [7, 11) is 1.91. The van der Waals surface area contributed by atoms with E-state index >= 15 is 0 Å². The summed E-state index contributed by atoms with van der Waals surface area (Å²) in [6.07, 6.45) is 3.01. The fraction of sp³-hybridized carbons (Fsp3) is 0.125. The Morgan fingerprint density at radius 3 is 2.91 bits per heavy atom. The van der Waals surface area contributed by atoms with Gasteiger partial charge in [-0.05, 0) is 58.8 Å². The molecule has 0 saturated carbocycles. The number of aryl methyl sites for hydroxylation is 2. The standard InChI is InChI=1S/C16H13BrN2O2S/c1-10-3-6-12-13(9-10)22-16(19(12)2)18-15(20)8-5-11-4-7-14(17)21-11/h3-9H,1-2H3/b8-5+,18-16?. The lowest BCUT2D eigenvalue weighted by Crippen LogP contribution is -2.12. The summed E-state index contributed by atoms with van der Waals surface area (Å²) in [5, 5.41) is 0. The zero-order valence-corrected chi connectivity index (χ0v) is 14.4. The number of thiazole rings is 1. The molecular formula is C16H13BrN2O2S. The molecule has 112 valence electrons. The third-order valence-corrected chi connectivity index (χ3v) is 4.68. The van der Waals surface area contributed by atoms with Crippen LogP contribution in [-0.2, 0) is 11.8 Å². The van der Waals surface area contributed by atoms with E-state index < -0.39 is 0 Å². The third-order valence-electron chi connectivity index (χ3n) is 3.15. The van der Waals surface area contributed by atoms with Crippen LogP contribution in [0.1, 0.15) is 11.3 Å². The highest BCUT2D eigenvalue weighted by Gasteiger charge is 2.04. The predicted octanol–water partition coefficient (Wildman–Crippen LogP) is 4.04. The van der Waals surface area contributed by atoms with Crippen LogP contribution in [0.2, 0.25) is 0 Å². The van der Waals surface area contributed by atoms with Gasteiger partial charge in [-0.3, -0.25) is 4.79 Å². The zero-order chi connectivity index (χ0) is 15.7. The van der Waals surface area contributed by atoms with E-state index in [1.54, 1.807) is 18.2 Å². The SMILES string of the molecule is Cc1ccc2c(c1)sc(=NC(=O)/C=C/c1ccc(Br)o1)n2C. The van der Waals surface area contributed by atoms with Gasteiger partial charge in [0.2, 0.25) is 0 Å². The van der Waals surface area contributed by atoms with Crippen molar-refractivity contribution in [3.05, 3.63) is 57.2 Å². The van der Waals surface area contributed by atoms with Crippen LogP contribution in [0.3, 0.4) is 0 Å². The summed E-state index contributed by atoms with van der Waals surface area (Å²) in [6.45, 7) is 2.05. The Labute approximate surface area is 139 Å². The number of hydrogen-bond acceptors (Lipinski definition) is 3. The topological polar surface area (TPSA) is 47.5 Å². The molecule has 0 bridgehead atoms. The molecule has 22 heavy (non-hydrogen) atoms. The van der Waals surface area contributed by atoms with Crippen molar-refractivity contribution < 1.29 is 9.21 Å². The monoisotopic (exact) mass is 376 g/mol. The molecule has 1 aromatic carbocycles. The number of rotatable bonds is 2. The number of hydrogen-bond donors (Lipinski definition) is 0. The van der Waals surface area contributed by atoms with Gasteiger partial charge in [-0.25, -0.2) is 0 Å². The van der Waals surface area contributed by atoms with Crippen molar-refractivity contribution >= 4 is 49.5 Å². The molecular weight excluding hydrogens is 364 g/mol. The average Bonchev–Trinajstić information content (AvgIpc) is 3.01. The van der Waals surface area contributed by atoms with E-state index in [9.17, 15) is 4.79 Å². The predicted molar refractivity (Wildman–Crippen MR) is 91.5 cm³/mol. The van der Waals surface area contributed by atoms with Crippen LogP contribution in [0.15, 0.2) is 50.5 Å². The number of carbonyl (C=O) groups is 1. The highest BCUT2D eigenvalue weighted by Crippen LogP contribution is 2.18. The van der Waals surface area contributed by atoms with Crippen LogP contribution in [0.5, 0.6) is 0 Å². The molecule has 0 saturated heterocycles. The number of halogens is 1. The molecule has 0 aliphatic rings. The van der Waals surface area contributed by atoms with Gasteiger partial charge in [-0.1, -0.05) is 17.4 Å². The van der Waals surface area contributed by atoms with Crippen molar-refractivity contribution in [3.8, 4) is 0 Å². The van der Waals surface area contributed by atoms with E-state index in [-0.39, 0.29) is 5.91 Å². The van der Waals surface area contributed by atoms with E-state index in [4.69, 9.17) is 4.42 Å². The van der Waals surface area contributed by atoms with E-state index in [0.717, 1.165) is 10.2 Å². The van der Waals surface area contributed by atoms with Crippen molar-refractivity contribution in [2.45, 2.75) is 6.92 Å². The molecule has 0 unspecified atom stereocenters. The maximum atomic E-state index is 12.0. The van der Waals surface area contributed by atoms with Gasteiger partial charge < -0.3 is 8.98 Å². The highest BCUT2D eigenvalue weighted by molar-refractivity contribution is 9.10. The van der Waals surface area contributed by atoms with E-state index in [2.05, 4.69) is 33.1 Å². The van der Waals surface area contributed by atoms with Crippen LogP contribution in [-0.4, -0.2) is 10.5 Å². The van der Waals surface area contributed by atoms with Crippen LogP contribution in [0, 0.1) is 6.92 Å². The maximum absolute atomic E-state index is 12.0. The maximum Gasteiger partial charge on any atom is 0.272 e. The lowest BCUT2D eigenvalue weighted by molar-refractivity contribution is -0.113. The summed E-state index contributed by atoms with van der Waals surface area (Å²) in [4.78, 5) is 16.8. The Bertz CT molecular complexity index is 947. The first kappa shape index (κ1) is 15.0. The van der Waals surface area contributed by atoms with Crippen molar-refractivity contribution in [1.82, 2.24) is 4.57 Å². The van der Waals surface area contributed by atoms with Crippen molar-refractivity contribution in [2.24, 2.45) is 12.0 Å². The molecule has 3 rings (SSSR count). The smallest absolute Gasteiger partial charge is 0.272 e. The number of benzene rings is 1. The molecule has 3 aromatic rings. The lowest BCUT2D eigenvalue weighted by atomic mass is 10.2. The summed E-state index contributed by atoms with van der Waals surface area (Å²) in [6, 6.07) is 9.74. The first-order valence-corrected chi connectivity index (χ1v) is 8.22. The molecule has 0 aliphatic carbocycles. The molecule has 6 heteroatoms. The van der Waals surface area contributed by atoms with Gasteiger partial charge in [0.05, 0.1) is 10.2 Å². The molecule has 0 N–H and O–H groups in total. The Kier molecular flexibility index (Phi) is 4.13. The number of aromatic nitrogens is 1. The minimum atomic E-state index is -0.314. The molecule has 0 spiro atoms. The zero-order valence-electron chi connectivity index (χ0n) is 12.0. The van der Waals surface area contributed by atoms with Gasteiger partial charge in [-0.15, -0.1) is 0 Å². The molecule has 4 nitrogen and oxygen atoms in total. The number of nitrogens with zero attached hydrogens (tertiary/aromatic N) is 2. The largest absolute Gasteiger partial charge is 0.450 e. The fourth-order valence-electron chi connectivity index (χ4n) is 2.05. The first-order valence-electron chi connectivity index (χ1n) is 6.61. The van der Waals surface area contributed by atoms with Crippen LogP contribution in [0.4, 0.5) is 0 Å². The van der Waals surface area contributed by atoms with Crippen LogP contribution in [0.25, 0.3) is 16.3 Å². The van der Waals surface area contributed by atoms with E-state index in [1.807, 2.05) is 24.6 Å². The van der Waals surface area contributed by atoms with E-state index in [1.165, 1.54) is 23.0 Å². The molecule has 0 radical (unpaired) electrons. The fourth-order valence-corrected chi connectivity index (χ4v) is 3.49. The summed E-state index contributed by atoms with van der Waals surface area (Å²) >= 11 is 4.72. The summed E-state index contributed by atoms with van der Waals surface area (Å²) in [5.41, 5.74) is 2.26. The molecule has 2 aromatic heterocycles. The van der Waals surface area contributed by atoms with Gasteiger partial charge in [0.25, 0.3) is 5.91 Å². The molecule has 1 amide bonds. The highest BCUT2D eigenvalue weighted by atomic mass is 79.9. The van der Waals surface area contributed by atoms with Gasteiger partial charge in [-0.2, -0.15) is 4.99 Å². The molecule has 0 aliphatic heterocycles. The Morgan fingerprint density at radius 1 is 1.36 bits per heavy atom. The quantitative estimate of drug-likeness (QED) is 0.633. The van der Waals surface area contributed by atoms with Gasteiger partial charge in [0.1, 0.15) is 5.76 Å². The lowest BCUT2D eigenvalue weighted by Gasteiger charge is -1.95. The Morgan fingerprint density at radius 2 is 2.18 bits per heavy atom. The Balaban J connectivity index is 1.92. The van der Waals surface area contributed by atoms with Gasteiger partial charge in [0.15, 0.2) is 9.47 Å². The second-order valence-corrected chi connectivity index (χ2v) is 6.63. The van der Waals surface area contributed by atoms with E-state index in [0.29, 0.717) is 15.2 Å². The molecule has 0 fully saturated rings. The number of furan rings is 1. The van der Waals surface area contributed by atoms with Crippen molar-refractivity contribution in [2.75, 3.05) is 0 Å². The molecule has 0 atom stereocenters. The van der Waals surface area contributed by atoms with Gasteiger partial charge in [0, 0.05) is 13.1 Å². The van der Waals surface area contributed by atoms with Crippen molar-refractivity contribution in [1.29, 1.82) is 0 Å². The normalized spacial score (nSPS) is 12.6. The number of carbonyl (C=O) groups excluding carboxylic acids is 1. The summed E-state index contributed by atoms with van der Waals surface area (Å²) < 4.78 is 8.97. The first-order chi connectivity index (χ1) is 10.5. The average molecular weight is 377 g/mol. The van der Waals surface area contributed by atoms with Crippen LogP contribution >= 0.6 is 27.3 Å². The number of amides is 1. The minimum Gasteiger partial charge on any atom is -0.450 e. The minimum absolute atomic E-state index is 0.314. The Hall–Kier alpha value is -1.92. The third kappa shape index (κ3) is 3.13. The number of fused-ring (bicyclic) bond motifs is 1. The second kappa shape index (κ2) is 6.06. The van der Waals surface area contributed by atoms with Crippen LogP contribution < -0.4 is 4.80 Å². The van der Waals surface area contributed by atoms with Gasteiger partial charge >= 0.3 is 0 Å². The summed E-state index contributed by atoms with van der Waals surface area (Å²) in [5.74, 6) is 0.290.